The van der Waals surface area contributed by atoms with Crippen LogP contribution in [0.4, 0.5) is 14.5 Å². The van der Waals surface area contributed by atoms with E-state index in [2.05, 4.69) is 17.6 Å². The summed E-state index contributed by atoms with van der Waals surface area (Å²) in [5.41, 5.74) is 0.0113. The van der Waals surface area contributed by atoms with E-state index in [1.807, 2.05) is 30.3 Å². The van der Waals surface area contributed by atoms with Crippen LogP contribution in [0.2, 0.25) is 10.0 Å². The number of benzene rings is 2. The molecule has 0 bridgehead atoms. The van der Waals surface area contributed by atoms with E-state index in [-0.39, 0.29) is 19.4 Å². The first-order valence-corrected chi connectivity index (χ1v) is 12.2. The normalized spacial score (nSPS) is 26.8. The molecule has 0 aromatic heterocycles. The number of alkyl halides is 2. The van der Waals surface area contributed by atoms with Crippen LogP contribution >= 0.6 is 23.2 Å². The number of carbonyl (C=O) groups is 1. The number of esters is 1. The highest BCUT2D eigenvalue weighted by molar-refractivity contribution is 6.31. The van der Waals surface area contributed by atoms with Crippen LogP contribution in [0, 0.1) is 5.41 Å². The SMILES string of the molecule is CCOC(=O)C1NC2(CC(CF)(CF)C2)C(C)(c2ccc(Cl)cc2NC)C1c1cccc(Cl)c1. The zero-order chi connectivity index (χ0) is 24.7. The lowest BCUT2D eigenvalue weighted by molar-refractivity contribution is -0.146. The average molecular weight is 511 g/mol. The number of anilines is 1. The number of halogens is 4. The van der Waals surface area contributed by atoms with E-state index in [0.717, 1.165) is 16.8 Å². The number of carbonyl (C=O) groups excluding carboxylic acids is 1. The minimum atomic E-state index is -1.07. The molecule has 1 spiro atoms. The first-order chi connectivity index (χ1) is 16.2. The number of ether oxygens (including phenoxy) is 1. The van der Waals surface area contributed by atoms with Crippen LogP contribution in [0.5, 0.6) is 0 Å². The molecule has 2 fully saturated rings. The van der Waals surface area contributed by atoms with Crippen molar-refractivity contribution in [3.63, 3.8) is 0 Å². The Bertz CT molecular complexity index is 1070. The predicted octanol–water partition coefficient (Wildman–Crippen LogP) is 6.07. The lowest BCUT2D eigenvalue weighted by Crippen LogP contribution is -2.68. The Kier molecular flexibility index (Phi) is 6.89. The van der Waals surface area contributed by atoms with E-state index in [9.17, 15) is 13.6 Å². The van der Waals surface area contributed by atoms with Crippen molar-refractivity contribution >= 4 is 34.9 Å². The highest BCUT2D eigenvalue weighted by atomic mass is 35.5. The predicted molar refractivity (Wildman–Crippen MR) is 132 cm³/mol. The molecule has 2 aliphatic rings. The molecule has 2 aromatic rings. The third-order valence-corrected chi connectivity index (χ3v) is 8.33. The van der Waals surface area contributed by atoms with Crippen molar-refractivity contribution < 1.29 is 18.3 Å². The Morgan fingerprint density at radius 2 is 1.82 bits per heavy atom. The third-order valence-electron chi connectivity index (χ3n) is 7.86. The van der Waals surface area contributed by atoms with Gasteiger partial charge in [0.25, 0.3) is 0 Å². The fourth-order valence-electron chi connectivity index (χ4n) is 6.34. The van der Waals surface area contributed by atoms with Gasteiger partial charge in [-0.15, -0.1) is 0 Å². The van der Waals surface area contributed by atoms with E-state index in [0.29, 0.717) is 10.0 Å². The Hall–Kier alpha value is -1.89. The number of hydrogen-bond acceptors (Lipinski definition) is 4. The van der Waals surface area contributed by atoms with Gasteiger partial charge in [0.1, 0.15) is 6.04 Å². The van der Waals surface area contributed by atoms with Gasteiger partial charge in [-0.1, -0.05) is 48.3 Å². The summed E-state index contributed by atoms with van der Waals surface area (Å²) >= 11 is 12.7. The molecule has 2 aromatic carbocycles. The van der Waals surface area contributed by atoms with Crippen molar-refractivity contribution in [3.05, 3.63) is 63.6 Å². The third kappa shape index (κ3) is 3.78. The summed E-state index contributed by atoms with van der Waals surface area (Å²) in [7, 11) is 1.80. The minimum Gasteiger partial charge on any atom is -0.465 e. The molecule has 4 nitrogen and oxygen atoms in total. The summed E-state index contributed by atoms with van der Waals surface area (Å²) in [6.07, 6.45) is 0.504. The number of rotatable bonds is 7. The Morgan fingerprint density at radius 3 is 2.41 bits per heavy atom. The molecule has 0 radical (unpaired) electrons. The van der Waals surface area contributed by atoms with Gasteiger partial charge in [0, 0.05) is 45.1 Å². The van der Waals surface area contributed by atoms with Crippen molar-refractivity contribution in [2.45, 2.75) is 49.6 Å². The van der Waals surface area contributed by atoms with Gasteiger partial charge >= 0.3 is 5.97 Å². The lowest BCUT2D eigenvalue weighted by atomic mass is 9.46. The van der Waals surface area contributed by atoms with Gasteiger partial charge in [0.15, 0.2) is 0 Å². The van der Waals surface area contributed by atoms with Crippen LogP contribution in [0.1, 0.15) is 43.7 Å². The molecule has 184 valence electrons. The van der Waals surface area contributed by atoms with Gasteiger partial charge in [0.05, 0.1) is 20.0 Å². The molecule has 34 heavy (non-hydrogen) atoms. The van der Waals surface area contributed by atoms with E-state index in [1.54, 1.807) is 26.1 Å². The minimum absolute atomic E-state index is 0.227. The van der Waals surface area contributed by atoms with Gasteiger partial charge in [0.2, 0.25) is 0 Å². The zero-order valence-corrected chi connectivity index (χ0v) is 21.1. The van der Waals surface area contributed by atoms with Crippen molar-refractivity contribution in [1.82, 2.24) is 5.32 Å². The number of hydrogen-bond donors (Lipinski definition) is 2. The van der Waals surface area contributed by atoms with Crippen LogP contribution in [0.3, 0.4) is 0 Å². The molecule has 1 saturated heterocycles. The molecule has 2 N–H and O–H groups in total. The first-order valence-electron chi connectivity index (χ1n) is 11.5. The topological polar surface area (TPSA) is 50.4 Å². The van der Waals surface area contributed by atoms with Gasteiger partial charge in [-0.2, -0.15) is 0 Å². The van der Waals surface area contributed by atoms with Crippen LogP contribution in [0.25, 0.3) is 0 Å². The summed E-state index contributed by atoms with van der Waals surface area (Å²) in [6, 6.07) is 12.3. The molecule has 3 unspecified atom stereocenters. The summed E-state index contributed by atoms with van der Waals surface area (Å²) in [5.74, 6) is -0.802. The van der Waals surface area contributed by atoms with Gasteiger partial charge < -0.3 is 10.1 Å². The average Bonchev–Trinajstić information content (AvgIpc) is 3.07. The van der Waals surface area contributed by atoms with E-state index >= 15 is 0 Å². The number of nitrogens with one attached hydrogen (secondary N) is 2. The highest BCUT2D eigenvalue weighted by Crippen LogP contribution is 2.66. The smallest absolute Gasteiger partial charge is 0.323 e. The maximum absolute atomic E-state index is 14.0. The summed E-state index contributed by atoms with van der Waals surface area (Å²) < 4.78 is 33.5. The molecule has 1 aliphatic heterocycles. The van der Waals surface area contributed by atoms with Crippen LogP contribution in [-0.2, 0) is 14.9 Å². The Balaban J connectivity index is 1.97. The highest BCUT2D eigenvalue weighted by Gasteiger charge is 2.72. The Morgan fingerprint density at radius 1 is 1.15 bits per heavy atom. The lowest BCUT2D eigenvalue weighted by Gasteiger charge is -2.60. The van der Waals surface area contributed by atoms with E-state index in [4.69, 9.17) is 27.9 Å². The van der Waals surface area contributed by atoms with Gasteiger partial charge in [-0.25, -0.2) is 0 Å². The van der Waals surface area contributed by atoms with Crippen LogP contribution < -0.4 is 10.6 Å². The van der Waals surface area contributed by atoms with Crippen molar-refractivity contribution in [3.8, 4) is 0 Å². The van der Waals surface area contributed by atoms with Crippen molar-refractivity contribution in [2.24, 2.45) is 5.41 Å². The van der Waals surface area contributed by atoms with Crippen molar-refractivity contribution in [1.29, 1.82) is 0 Å². The molecule has 1 heterocycles. The van der Waals surface area contributed by atoms with Crippen molar-refractivity contribution in [2.75, 3.05) is 32.3 Å². The first kappa shape index (κ1) is 25.2. The van der Waals surface area contributed by atoms with E-state index < -0.39 is 47.6 Å². The molecule has 0 amide bonds. The molecular weight excluding hydrogens is 481 g/mol. The fraction of sp³-hybridized carbons (Fsp3) is 0.500. The van der Waals surface area contributed by atoms with Gasteiger partial charge in [-0.3, -0.25) is 18.9 Å². The second-order valence-electron chi connectivity index (χ2n) is 9.75. The van der Waals surface area contributed by atoms with E-state index in [1.165, 1.54) is 0 Å². The summed E-state index contributed by atoms with van der Waals surface area (Å²) in [5, 5.41) is 7.85. The molecular formula is C26H30Cl2F2N2O2. The van der Waals surface area contributed by atoms with Gasteiger partial charge in [-0.05, 0) is 55.2 Å². The quantitative estimate of drug-likeness (QED) is 0.443. The van der Waals surface area contributed by atoms with Crippen LogP contribution in [0.15, 0.2) is 42.5 Å². The summed E-state index contributed by atoms with van der Waals surface area (Å²) in [4.78, 5) is 13.3. The molecule has 1 saturated carbocycles. The molecule has 4 rings (SSSR count). The Labute approximate surface area is 209 Å². The zero-order valence-electron chi connectivity index (χ0n) is 19.6. The largest absolute Gasteiger partial charge is 0.465 e. The molecule has 1 aliphatic carbocycles. The molecule has 8 heteroatoms. The standard InChI is InChI=1S/C26H30Cl2F2N2O2/c1-4-34-23(33)22-21(16-6-5-7-17(27)10-16)24(2,19-9-8-18(28)11-20(19)31-3)26(32-22)12-25(13-26,14-29)15-30/h5-11,21-22,31-32H,4,12-15H2,1-3H3. The molecule has 3 atom stereocenters. The monoisotopic (exact) mass is 510 g/mol. The second kappa shape index (κ2) is 9.29. The second-order valence-corrected chi connectivity index (χ2v) is 10.6. The van der Waals surface area contributed by atoms with Crippen LogP contribution in [-0.4, -0.2) is 44.6 Å². The maximum atomic E-state index is 14.0. The summed E-state index contributed by atoms with van der Waals surface area (Å²) in [6.45, 7) is 2.54. The fourth-order valence-corrected chi connectivity index (χ4v) is 6.71. The maximum Gasteiger partial charge on any atom is 0.323 e.